The minimum Gasteiger partial charge on any atom is -0.368 e. The van der Waals surface area contributed by atoms with Crippen molar-refractivity contribution < 1.29 is 9.59 Å². The summed E-state index contributed by atoms with van der Waals surface area (Å²) in [6, 6.07) is 16.0. The van der Waals surface area contributed by atoms with Crippen molar-refractivity contribution in [3.05, 3.63) is 59.1 Å². The normalized spacial score (nSPS) is 23.2. The smallest absolute Gasteiger partial charge is 0.230 e. The van der Waals surface area contributed by atoms with Gasteiger partial charge in [-0.3, -0.25) is 9.59 Å². The summed E-state index contributed by atoms with van der Waals surface area (Å²) in [5.74, 6) is -0.0815. The van der Waals surface area contributed by atoms with E-state index in [1.807, 2.05) is 46.2 Å². The fourth-order valence-electron chi connectivity index (χ4n) is 5.58. The average molecular weight is 452 g/mol. The second-order valence-corrected chi connectivity index (χ2v) is 9.59. The predicted molar refractivity (Wildman–Crippen MR) is 128 cm³/mol. The topological polar surface area (TPSA) is 43.9 Å². The Kier molecular flexibility index (Phi) is 6.09. The monoisotopic (exact) mass is 451 g/mol. The van der Waals surface area contributed by atoms with E-state index in [1.165, 1.54) is 5.56 Å². The molecule has 2 heterocycles. The van der Waals surface area contributed by atoms with E-state index >= 15 is 0 Å². The highest BCUT2D eigenvalue weighted by molar-refractivity contribution is 6.30. The number of piperazine rings is 1. The second-order valence-electron chi connectivity index (χ2n) is 9.16. The molecule has 1 saturated carbocycles. The zero-order valence-corrected chi connectivity index (χ0v) is 19.1. The lowest BCUT2D eigenvalue weighted by molar-refractivity contribution is -0.143. The van der Waals surface area contributed by atoms with Crippen LogP contribution < -0.4 is 9.80 Å². The van der Waals surface area contributed by atoms with E-state index in [9.17, 15) is 9.59 Å². The van der Waals surface area contributed by atoms with Gasteiger partial charge in [-0.25, -0.2) is 0 Å². The van der Waals surface area contributed by atoms with Crippen LogP contribution in [0.25, 0.3) is 0 Å². The van der Waals surface area contributed by atoms with E-state index < -0.39 is 0 Å². The van der Waals surface area contributed by atoms with Crippen LogP contribution in [0.4, 0.5) is 11.4 Å². The number of hydrogen-bond donors (Lipinski definition) is 0. The maximum Gasteiger partial charge on any atom is 0.230 e. The van der Waals surface area contributed by atoms with Gasteiger partial charge in [0, 0.05) is 55.0 Å². The molecule has 3 aliphatic rings. The van der Waals surface area contributed by atoms with Gasteiger partial charge < -0.3 is 14.7 Å². The molecule has 2 aromatic carbocycles. The van der Waals surface area contributed by atoms with Crippen molar-refractivity contribution in [2.45, 2.75) is 32.1 Å². The number of benzene rings is 2. The van der Waals surface area contributed by atoms with Crippen LogP contribution in [0.2, 0.25) is 5.02 Å². The molecule has 2 aliphatic heterocycles. The highest BCUT2D eigenvalue weighted by Gasteiger charge is 2.41. The highest BCUT2D eigenvalue weighted by atomic mass is 35.5. The summed E-state index contributed by atoms with van der Waals surface area (Å²) >= 11 is 6.15. The lowest BCUT2D eigenvalue weighted by Crippen LogP contribution is -2.53. The van der Waals surface area contributed by atoms with Crippen molar-refractivity contribution >= 4 is 34.8 Å². The molecule has 0 N–H and O–H groups in total. The summed E-state index contributed by atoms with van der Waals surface area (Å²) in [5.41, 5.74) is 3.36. The van der Waals surface area contributed by atoms with Gasteiger partial charge in [-0.2, -0.15) is 0 Å². The number of fused-ring (bicyclic) bond motifs is 1. The van der Waals surface area contributed by atoms with Crippen molar-refractivity contribution in [1.29, 1.82) is 0 Å². The van der Waals surface area contributed by atoms with Crippen molar-refractivity contribution in [1.82, 2.24) is 4.90 Å². The summed E-state index contributed by atoms with van der Waals surface area (Å²) in [5, 5.41) is 0.730. The number of rotatable bonds is 3. The second kappa shape index (κ2) is 9.14. The van der Waals surface area contributed by atoms with Gasteiger partial charge in [-0.05, 0) is 49.1 Å². The first kappa shape index (κ1) is 21.3. The van der Waals surface area contributed by atoms with Gasteiger partial charge in [0.2, 0.25) is 11.8 Å². The molecule has 0 bridgehead atoms. The molecule has 1 saturated heterocycles. The Bertz CT molecular complexity index is 1000. The zero-order valence-electron chi connectivity index (χ0n) is 18.4. The minimum atomic E-state index is -0.201. The molecule has 168 valence electrons. The summed E-state index contributed by atoms with van der Waals surface area (Å²) in [4.78, 5) is 33.3. The lowest BCUT2D eigenvalue weighted by atomic mass is 9.77. The lowest BCUT2D eigenvalue weighted by Gasteiger charge is -2.40. The Morgan fingerprint density at radius 1 is 0.812 bits per heavy atom. The van der Waals surface area contributed by atoms with Gasteiger partial charge in [-0.1, -0.05) is 48.7 Å². The molecule has 1 aliphatic carbocycles. The molecule has 5 nitrogen and oxygen atoms in total. The molecule has 32 heavy (non-hydrogen) atoms. The molecule has 0 unspecified atom stereocenters. The first-order valence-corrected chi connectivity index (χ1v) is 12.2. The summed E-state index contributed by atoms with van der Waals surface area (Å²) in [7, 11) is 0. The minimum absolute atomic E-state index is 0.144. The number of hydrogen-bond acceptors (Lipinski definition) is 3. The van der Waals surface area contributed by atoms with E-state index in [0.29, 0.717) is 13.1 Å². The standard InChI is InChI=1S/C26H30ClN3O2/c27-20-7-5-8-21(18-20)28-14-16-29(17-15-28)25(31)22-9-2-3-10-23(22)26(32)30-13-12-19-6-1-4-11-24(19)30/h1,4-8,11,18,22-23H,2-3,9-10,12-17H2/t22-,23+/m1/s1. The predicted octanol–water partition coefficient (Wildman–Crippen LogP) is 4.38. The van der Waals surface area contributed by atoms with Crippen LogP contribution in [0, 0.1) is 11.8 Å². The molecular formula is C26H30ClN3O2. The third kappa shape index (κ3) is 4.11. The first-order valence-electron chi connectivity index (χ1n) is 11.8. The molecule has 0 spiro atoms. The van der Waals surface area contributed by atoms with Crippen LogP contribution in [0.1, 0.15) is 31.2 Å². The van der Waals surface area contributed by atoms with E-state index in [2.05, 4.69) is 17.0 Å². The van der Waals surface area contributed by atoms with E-state index in [1.54, 1.807) is 0 Å². The van der Waals surface area contributed by atoms with Crippen molar-refractivity contribution in [3.63, 3.8) is 0 Å². The Hall–Kier alpha value is -2.53. The van der Waals surface area contributed by atoms with Crippen LogP contribution >= 0.6 is 11.6 Å². The molecule has 0 aromatic heterocycles. The maximum atomic E-state index is 13.6. The Morgan fingerprint density at radius 3 is 2.28 bits per heavy atom. The molecule has 2 aromatic rings. The third-order valence-electron chi connectivity index (χ3n) is 7.32. The number of anilines is 2. The summed E-state index contributed by atoms with van der Waals surface area (Å²) in [6.45, 7) is 3.69. The first-order chi connectivity index (χ1) is 15.6. The van der Waals surface area contributed by atoms with Crippen LogP contribution in [0.3, 0.4) is 0 Å². The zero-order chi connectivity index (χ0) is 22.1. The molecule has 5 rings (SSSR count). The van der Waals surface area contributed by atoms with Crippen LogP contribution in [-0.4, -0.2) is 49.4 Å². The number of carbonyl (C=O) groups excluding carboxylic acids is 2. The van der Waals surface area contributed by atoms with Crippen molar-refractivity contribution in [2.24, 2.45) is 11.8 Å². The molecular weight excluding hydrogens is 422 g/mol. The van der Waals surface area contributed by atoms with Crippen LogP contribution in [-0.2, 0) is 16.0 Å². The van der Waals surface area contributed by atoms with Crippen LogP contribution in [0.15, 0.2) is 48.5 Å². The van der Waals surface area contributed by atoms with Gasteiger partial charge in [0.15, 0.2) is 0 Å². The highest BCUT2D eigenvalue weighted by Crippen LogP contribution is 2.37. The summed E-state index contributed by atoms with van der Waals surface area (Å²) < 4.78 is 0. The number of halogens is 1. The Morgan fingerprint density at radius 2 is 1.53 bits per heavy atom. The third-order valence-corrected chi connectivity index (χ3v) is 7.55. The maximum absolute atomic E-state index is 13.6. The Balaban J connectivity index is 1.26. The van der Waals surface area contributed by atoms with Gasteiger partial charge in [0.05, 0.1) is 5.92 Å². The van der Waals surface area contributed by atoms with Gasteiger partial charge >= 0.3 is 0 Å². The van der Waals surface area contributed by atoms with E-state index in [4.69, 9.17) is 11.6 Å². The van der Waals surface area contributed by atoms with Crippen molar-refractivity contribution in [2.75, 3.05) is 42.5 Å². The quantitative estimate of drug-likeness (QED) is 0.695. The van der Waals surface area contributed by atoms with Crippen LogP contribution in [0.5, 0.6) is 0 Å². The molecule has 2 fully saturated rings. The molecule has 2 amide bonds. The molecule has 6 heteroatoms. The number of para-hydroxylation sites is 1. The Labute approximate surface area is 194 Å². The number of amides is 2. The van der Waals surface area contributed by atoms with Gasteiger partial charge in [0.1, 0.15) is 0 Å². The fourth-order valence-corrected chi connectivity index (χ4v) is 5.77. The van der Waals surface area contributed by atoms with Crippen molar-refractivity contribution in [3.8, 4) is 0 Å². The number of nitrogens with zero attached hydrogens (tertiary/aromatic N) is 3. The van der Waals surface area contributed by atoms with E-state index in [0.717, 1.165) is 68.1 Å². The number of carbonyl (C=O) groups is 2. The molecule has 0 radical (unpaired) electrons. The van der Waals surface area contributed by atoms with E-state index in [-0.39, 0.29) is 23.7 Å². The summed E-state index contributed by atoms with van der Waals surface area (Å²) in [6.07, 6.45) is 4.59. The SMILES string of the molecule is O=C([C@@H]1CCCC[C@@H]1C(=O)N1CCc2ccccc21)N1CCN(c2cccc(Cl)c2)CC1. The largest absolute Gasteiger partial charge is 0.368 e. The molecule has 2 atom stereocenters. The fraction of sp³-hybridized carbons (Fsp3) is 0.462. The average Bonchev–Trinajstić information content (AvgIpc) is 3.27. The van der Waals surface area contributed by atoms with Gasteiger partial charge in [0.25, 0.3) is 0 Å². The van der Waals surface area contributed by atoms with Gasteiger partial charge in [-0.15, -0.1) is 0 Å².